The predicted molar refractivity (Wildman–Crippen MR) is 60.7 cm³/mol. The maximum Gasteiger partial charge on any atom is 0.153 e. The second-order valence-corrected chi connectivity index (χ2v) is 5.03. The van der Waals surface area contributed by atoms with Gasteiger partial charge in [-0.15, -0.1) is 23.1 Å². The van der Waals surface area contributed by atoms with Crippen LogP contribution in [0.4, 0.5) is 0 Å². The highest BCUT2D eigenvalue weighted by molar-refractivity contribution is 8.00. The van der Waals surface area contributed by atoms with Crippen LogP contribution in [-0.2, 0) is 0 Å². The summed E-state index contributed by atoms with van der Waals surface area (Å²) in [6.07, 6.45) is 2.68. The number of fused-ring (bicyclic) bond motifs is 1. The summed E-state index contributed by atoms with van der Waals surface area (Å²) in [6.45, 7) is 0. The van der Waals surface area contributed by atoms with Crippen molar-refractivity contribution in [3.05, 3.63) is 23.8 Å². The monoisotopic (exact) mass is 224 g/mol. The molecule has 2 nitrogen and oxygen atoms in total. The minimum absolute atomic E-state index is 0.0537. The molecule has 1 aromatic carbocycles. The number of rotatable bonds is 2. The standard InChI is InChI=1S/C10H8O2S2/c1-13-10-4-6-2-8(12)7(5-11)3-9(6)14-10/h2-5,12H,1H3. The Morgan fingerprint density at radius 1 is 1.43 bits per heavy atom. The number of thioether (sulfide) groups is 1. The Balaban J connectivity index is 2.69. The molecule has 0 saturated carbocycles. The van der Waals surface area contributed by atoms with Crippen LogP contribution in [0.1, 0.15) is 10.4 Å². The van der Waals surface area contributed by atoms with Crippen LogP contribution in [0.2, 0.25) is 0 Å². The summed E-state index contributed by atoms with van der Waals surface area (Å²) in [7, 11) is 0. The summed E-state index contributed by atoms with van der Waals surface area (Å²) in [5.41, 5.74) is 0.354. The van der Waals surface area contributed by atoms with E-state index >= 15 is 0 Å². The quantitative estimate of drug-likeness (QED) is 0.629. The van der Waals surface area contributed by atoms with Crippen LogP contribution in [0.15, 0.2) is 22.4 Å². The Morgan fingerprint density at radius 3 is 2.86 bits per heavy atom. The van der Waals surface area contributed by atoms with E-state index in [1.165, 1.54) is 4.21 Å². The molecular weight excluding hydrogens is 216 g/mol. The topological polar surface area (TPSA) is 37.3 Å². The highest BCUT2D eigenvalue weighted by atomic mass is 32.2. The largest absolute Gasteiger partial charge is 0.507 e. The zero-order valence-electron chi connectivity index (χ0n) is 7.48. The van der Waals surface area contributed by atoms with Crippen LogP contribution in [0.5, 0.6) is 5.75 Å². The van der Waals surface area contributed by atoms with Gasteiger partial charge in [-0.1, -0.05) is 0 Å². The van der Waals surface area contributed by atoms with E-state index < -0.39 is 0 Å². The van der Waals surface area contributed by atoms with Gasteiger partial charge in [-0.05, 0) is 29.8 Å². The van der Waals surface area contributed by atoms with Gasteiger partial charge in [-0.2, -0.15) is 0 Å². The van der Waals surface area contributed by atoms with Gasteiger partial charge in [0.2, 0.25) is 0 Å². The van der Waals surface area contributed by atoms with E-state index in [2.05, 4.69) is 0 Å². The fourth-order valence-electron chi connectivity index (χ4n) is 1.26. The van der Waals surface area contributed by atoms with Crippen molar-refractivity contribution in [1.82, 2.24) is 0 Å². The smallest absolute Gasteiger partial charge is 0.153 e. The fourth-order valence-corrected chi connectivity index (χ4v) is 2.93. The van der Waals surface area contributed by atoms with Gasteiger partial charge < -0.3 is 5.11 Å². The molecule has 0 radical (unpaired) electrons. The molecule has 72 valence electrons. The molecule has 0 fully saturated rings. The molecule has 0 saturated heterocycles. The Morgan fingerprint density at radius 2 is 2.21 bits per heavy atom. The summed E-state index contributed by atoms with van der Waals surface area (Å²) in [4.78, 5) is 10.6. The molecular formula is C10H8O2S2. The summed E-state index contributed by atoms with van der Waals surface area (Å²) >= 11 is 3.29. The third kappa shape index (κ3) is 1.51. The van der Waals surface area contributed by atoms with Crippen LogP contribution >= 0.6 is 23.1 Å². The van der Waals surface area contributed by atoms with Crippen molar-refractivity contribution >= 4 is 39.5 Å². The number of hydrogen-bond donors (Lipinski definition) is 1. The SMILES string of the molecule is CSc1cc2cc(O)c(C=O)cc2s1. The first-order valence-corrected chi connectivity index (χ1v) is 6.04. The van der Waals surface area contributed by atoms with Crippen molar-refractivity contribution in [3.63, 3.8) is 0 Å². The number of thiophene rings is 1. The number of benzene rings is 1. The fraction of sp³-hybridized carbons (Fsp3) is 0.100. The third-order valence-electron chi connectivity index (χ3n) is 1.97. The summed E-state index contributed by atoms with van der Waals surface area (Å²) in [5.74, 6) is 0.0537. The number of aldehydes is 1. The van der Waals surface area contributed by atoms with Crippen molar-refractivity contribution in [1.29, 1.82) is 0 Å². The van der Waals surface area contributed by atoms with Gasteiger partial charge in [0.25, 0.3) is 0 Å². The first-order chi connectivity index (χ1) is 6.74. The number of aromatic hydroxyl groups is 1. The van der Waals surface area contributed by atoms with E-state index in [9.17, 15) is 9.90 Å². The van der Waals surface area contributed by atoms with Crippen LogP contribution in [0.3, 0.4) is 0 Å². The normalized spacial score (nSPS) is 10.6. The molecule has 0 unspecified atom stereocenters. The molecule has 0 atom stereocenters. The van der Waals surface area contributed by atoms with Crippen molar-refractivity contribution in [2.45, 2.75) is 4.21 Å². The lowest BCUT2D eigenvalue weighted by molar-refractivity contribution is 0.112. The van der Waals surface area contributed by atoms with E-state index in [-0.39, 0.29) is 5.75 Å². The van der Waals surface area contributed by atoms with Gasteiger partial charge in [0, 0.05) is 4.70 Å². The molecule has 2 aromatic rings. The second-order valence-electron chi connectivity index (χ2n) is 2.84. The number of carbonyl (C=O) groups excluding carboxylic acids is 1. The van der Waals surface area contributed by atoms with Crippen LogP contribution in [-0.4, -0.2) is 17.6 Å². The molecule has 1 aromatic heterocycles. The molecule has 0 aliphatic rings. The lowest BCUT2D eigenvalue weighted by Crippen LogP contribution is -1.79. The number of phenols is 1. The summed E-state index contributed by atoms with van der Waals surface area (Å²) < 4.78 is 2.22. The van der Waals surface area contributed by atoms with Crippen LogP contribution < -0.4 is 0 Å². The second kappa shape index (κ2) is 3.63. The molecule has 0 aliphatic heterocycles. The Hall–Kier alpha value is -1.000. The summed E-state index contributed by atoms with van der Waals surface area (Å²) in [5, 5.41) is 10.4. The Bertz CT molecular complexity index is 488. The Labute approximate surface area is 89.6 Å². The van der Waals surface area contributed by atoms with Crippen LogP contribution in [0, 0.1) is 0 Å². The lowest BCUT2D eigenvalue weighted by atomic mass is 10.2. The first-order valence-electron chi connectivity index (χ1n) is 4.00. The molecule has 1 N–H and O–H groups in total. The van der Waals surface area contributed by atoms with Crippen molar-refractivity contribution in [2.24, 2.45) is 0 Å². The lowest BCUT2D eigenvalue weighted by Gasteiger charge is -1.95. The molecule has 0 amide bonds. The van der Waals surface area contributed by atoms with Gasteiger partial charge in [0.05, 0.1) is 9.77 Å². The van der Waals surface area contributed by atoms with Crippen LogP contribution in [0.25, 0.3) is 10.1 Å². The van der Waals surface area contributed by atoms with Gasteiger partial charge >= 0.3 is 0 Å². The maximum atomic E-state index is 10.6. The molecule has 0 bridgehead atoms. The molecule has 0 spiro atoms. The number of hydrogen-bond acceptors (Lipinski definition) is 4. The molecule has 14 heavy (non-hydrogen) atoms. The number of phenolic OH excluding ortho intramolecular Hbond substituents is 1. The van der Waals surface area contributed by atoms with E-state index in [0.29, 0.717) is 11.8 Å². The van der Waals surface area contributed by atoms with E-state index in [4.69, 9.17) is 0 Å². The minimum atomic E-state index is 0.0537. The van der Waals surface area contributed by atoms with E-state index in [1.54, 1.807) is 35.2 Å². The minimum Gasteiger partial charge on any atom is -0.507 e. The van der Waals surface area contributed by atoms with E-state index in [0.717, 1.165) is 10.1 Å². The van der Waals surface area contributed by atoms with Gasteiger partial charge in [-0.25, -0.2) is 0 Å². The molecule has 4 heteroatoms. The van der Waals surface area contributed by atoms with Crippen molar-refractivity contribution < 1.29 is 9.90 Å². The highest BCUT2D eigenvalue weighted by Gasteiger charge is 2.06. The Kier molecular flexibility index (Phi) is 2.48. The average molecular weight is 224 g/mol. The first kappa shape index (κ1) is 9.55. The zero-order valence-corrected chi connectivity index (χ0v) is 9.11. The van der Waals surface area contributed by atoms with Crippen molar-refractivity contribution in [2.75, 3.05) is 6.26 Å². The van der Waals surface area contributed by atoms with Crippen molar-refractivity contribution in [3.8, 4) is 5.75 Å². The predicted octanol–water partition coefficient (Wildman–Crippen LogP) is 3.14. The van der Waals surface area contributed by atoms with E-state index in [1.807, 2.05) is 12.3 Å². The third-order valence-corrected chi connectivity index (χ3v) is 4.13. The molecule has 0 aliphatic carbocycles. The number of carbonyl (C=O) groups is 1. The maximum absolute atomic E-state index is 10.6. The zero-order chi connectivity index (χ0) is 10.1. The summed E-state index contributed by atoms with van der Waals surface area (Å²) in [6, 6.07) is 5.37. The van der Waals surface area contributed by atoms with Gasteiger partial charge in [0.1, 0.15) is 5.75 Å². The van der Waals surface area contributed by atoms with Gasteiger partial charge in [0.15, 0.2) is 6.29 Å². The highest BCUT2D eigenvalue weighted by Crippen LogP contribution is 2.34. The van der Waals surface area contributed by atoms with Gasteiger partial charge in [-0.3, -0.25) is 4.79 Å². The average Bonchev–Trinajstić information content (AvgIpc) is 2.58. The molecule has 1 heterocycles. The molecule has 2 rings (SSSR count).